The van der Waals surface area contributed by atoms with Crippen molar-refractivity contribution in [3.8, 4) is 0 Å². The first kappa shape index (κ1) is 71.2. The van der Waals surface area contributed by atoms with Crippen LogP contribution in [-0.2, 0) is 71.2 Å². The molecule has 0 unspecified atom stereocenters. The van der Waals surface area contributed by atoms with Crippen LogP contribution in [0.5, 0.6) is 0 Å². The van der Waals surface area contributed by atoms with Gasteiger partial charge in [-0.3, -0.25) is 14.4 Å². The summed E-state index contributed by atoms with van der Waals surface area (Å²) in [5.74, 6) is -2.51. The van der Waals surface area contributed by atoms with Gasteiger partial charge in [0, 0.05) is 20.8 Å². The van der Waals surface area contributed by atoms with Gasteiger partial charge in [0.15, 0.2) is 37.7 Å². The number of hydrogen-bond donors (Lipinski definition) is 22. The number of aliphatic hydroxyl groups excluding tert-OH is 19. The average molecular weight is 1250 g/mol. The lowest BCUT2D eigenvalue weighted by Crippen LogP contribution is -2.68. The zero-order chi connectivity index (χ0) is 63.2. The van der Waals surface area contributed by atoms with Gasteiger partial charge in [0.25, 0.3) is 0 Å². The van der Waals surface area contributed by atoms with Crippen molar-refractivity contribution in [1.29, 1.82) is 0 Å². The zero-order valence-electron chi connectivity index (χ0n) is 46.5. The summed E-state index contributed by atoms with van der Waals surface area (Å²) in [5.41, 5.74) is 0. The van der Waals surface area contributed by atoms with Crippen LogP contribution in [0.3, 0.4) is 0 Å². The highest BCUT2D eigenvalue weighted by Crippen LogP contribution is 2.35. The molecule has 0 aromatic rings. The standard InChI is InChI=1S/C48H83N3O34/c1-12-25(60)32(67)35(70)45(76-12)83-40-23(50-15(4)57)43(78-20(8-54)29(40)64)74-10-18(59)27(62)39(17(6-52)49-14(3)56)82-48-38(73)42(85-47-37(72)34(69)28(63)19(7-53)80-47)31(66)22(81-48)11-75-44-24(51-16(5)58)41(30(65)21(9-55)79-44)84-46-36(71)33(68)26(61)13(2)77-46/h12-13,17-48,52-55,59-73H,6-11H2,1-5H3,(H,49,56)(H,50,57)(H,51,58)/t12-,13-,17-,18+,19+,20+,21+,22+,23+,24+,25+,26+,27-,28-,29+,30+,31-,32+,33+,34-,35-,36-,37+,38+,39+,40+,41+,42-,43+,44+,45-,46-,47-,48-/m0/s1. The summed E-state index contributed by atoms with van der Waals surface area (Å²) in [6.45, 7) is -0.442. The van der Waals surface area contributed by atoms with Crippen molar-refractivity contribution in [1.82, 2.24) is 16.0 Å². The second-order valence-corrected chi connectivity index (χ2v) is 21.6. The van der Waals surface area contributed by atoms with Crippen molar-refractivity contribution in [3.05, 3.63) is 0 Å². The molecule has 0 saturated carbocycles. The molecular weight excluding hydrogens is 1160 g/mol. The van der Waals surface area contributed by atoms with E-state index in [1.54, 1.807) is 0 Å². The quantitative estimate of drug-likeness (QED) is 0.0427. The SMILES string of the molecule is CC(=O)N[C@H]1[C@H](OC[C@@H](O)[C@H](O)[C@H](O[C@@H]2O[C@H](CO[C@@H]3O[C@H](CO)[C@@H](O)[C@H](O[C@@H]4O[C@@H](C)[C@@H](O)[C@@H](O)[C@@H]4O)[C@H]3NC(C)=O)[C@H](O)[C@H](O[C@@H]3O[C@H](CO)[C@H](O)[C@H](O)[C@H]3O)[C@H]2O)[C@H](CO)NC(C)=O)O[C@H](CO)[C@@H](O)[C@@H]1O[C@@H]1O[C@@H](C)[C@@H](O)[C@@H](O)[C@@H]1O. The summed E-state index contributed by atoms with van der Waals surface area (Å²) in [6, 6.07) is -5.09. The molecule has 6 aliphatic heterocycles. The van der Waals surface area contributed by atoms with Gasteiger partial charge in [-0.05, 0) is 13.8 Å². The van der Waals surface area contributed by atoms with Crippen molar-refractivity contribution >= 4 is 17.7 Å². The van der Waals surface area contributed by atoms with Gasteiger partial charge in [-0.1, -0.05) is 0 Å². The second kappa shape index (κ2) is 31.3. The van der Waals surface area contributed by atoms with Crippen LogP contribution in [0.2, 0.25) is 0 Å². The Morgan fingerprint density at radius 2 is 0.824 bits per heavy atom. The number of aliphatic hydroxyl groups is 19. The van der Waals surface area contributed by atoms with Crippen LogP contribution in [0.15, 0.2) is 0 Å². The summed E-state index contributed by atoms with van der Waals surface area (Å²) >= 11 is 0. The molecule has 6 fully saturated rings. The predicted octanol–water partition coefficient (Wildman–Crippen LogP) is -14.2. The van der Waals surface area contributed by atoms with Gasteiger partial charge in [-0.15, -0.1) is 0 Å². The zero-order valence-corrected chi connectivity index (χ0v) is 46.5. The maximum atomic E-state index is 12.7. The second-order valence-electron chi connectivity index (χ2n) is 21.6. The van der Waals surface area contributed by atoms with Crippen molar-refractivity contribution in [2.75, 3.05) is 39.6 Å². The molecule has 37 heteroatoms. The van der Waals surface area contributed by atoms with E-state index in [9.17, 15) is 111 Å². The van der Waals surface area contributed by atoms with Crippen molar-refractivity contribution in [2.45, 2.75) is 243 Å². The van der Waals surface area contributed by atoms with E-state index in [1.165, 1.54) is 13.8 Å². The average Bonchev–Trinajstić information content (AvgIpc) is 3.66. The highest BCUT2D eigenvalue weighted by atomic mass is 16.8. The van der Waals surface area contributed by atoms with Crippen LogP contribution < -0.4 is 16.0 Å². The smallest absolute Gasteiger partial charge is 0.217 e. The highest BCUT2D eigenvalue weighted by molar-refractivity contribution is 5.74. The van der Waals surface area contributed by atoms with E-state index >= 15 is 0 Å². The van der Waals surface area contributed by atoms with Gasteiger partial charge < -0.3 is 170 Å². The Bertz CT molecular complexity index is 2100. The normalized spacial score (nSPS) is 45.9. The van der Waals surface area contributed by atoms with Gasteiger partial charge in [0.2, 0.25) is 17.7 Å². The van der Waals surface area contributed by atoms with Crippen LogP contribution >= 0.6 is 0 Å². The lowest BCUT2D eigenvalue weighted by atomic mass is 9.95. The van der Waals surface area contributed by atoms with E-state index in [1.807, 2.05) is 0 Å². The lowest BCUT2D eigenvalue weighted by molar-refractivity contribution is -0.373. The fraction of sp³-hybridized carbons (Fsp3) is 0.938. The molecule has 0 aromatic heterocycles. The fourth-order valence-corrected chi connectivity index (χ4v) is 10.5. The van der Waals surface area contributed by atoms with E-state index in [0.29, 0.717) is 0 Å². The third kappa shape index (κ3) is 16.6. The summed E-state index contributed by atoms with van der Waals surface area (Å²) in [4.78, 5) is 37.9. The summed E-state index contributed by atoms with van der Waals surface area (Å²) < 4.78 is 69.4. The van der Waals surface area contributed by atoms with Gasteiger partial charge in [0.1, 0.15) is 152 Å². The third-order valence-electron chi connectivity index (χ3n) is 15.3. The Hall–Kier alpha value is -2.83. The molecule has 6 saturated heterocycles. The fourth-order valence-electron chi connectivity index (χ4n) is 10.5. The first-order chi connectivity index (χ1) is 40.0. The molecular formula is C48H83N3O34. The van der Waals surface area contributed by atoms with Gasteiger partial charge >= 0.3 is 0 Å². The van der Waals surface area contributed by atoms with Crippen LogP contribution in [-0.4, -0.2) is 363 Å². The maximum absolute atomic E-state index is 12.7. The monoisotopic (exact) mass is 1250 g/mol. The number of carbonyl (C=O) groups excluding carboxylic acids is 3. The van der Waals surface area contributed by atoms with Crippen LogP contribution in [0.25, 0.3) is 0 Å². The number of hydrogen-bond acceptors (Lipinski definition) is 34. The minimum Gasteiger partial charge on any atom is -0.394 e. The van der Waals surface area contributed by atoms with Gasteiger partial charge in [-0.25, -0.2) is 0 Å². The first-order valence-corrected chi connectivity index (χ1v) is 27.2. The van der Waals surface area contributed by atoms with E-state index < -0.39 is 266 Å². The summed E-state index contributed by atoms with van der Waals surface area (Å²) in [5, 5.41) is 213. The minimum absolute atomic E-state index is 0.808. The van der Waals surface area contributed by atoms with Crippen LogP contribution in [0.1, 0.15) is 34.6 Å². The number of amides is 3. The molecule has 34 atom stereocenters. The predicted molar refractivity (Wildman–Crippen MR) is 266 cm³/mol. The van der Waals surface area contributed by atoms with Gasteiger partial charge in [0.05, 0.1) is 57.9 Å². The topological polar surface area (TPSA) is 582 Å². The minimum atomic E-state index is -2.41. The van der Waals surface area contributed by atoms with Gasteiger partial charge in [-0.2, -0.15) is 0 Å². The lowest BCUT2D eigenvalue weighted by Gasteiger charge is -2.48. The van der Waals surface area contributed by atoms with Crippen molar-refractivity contribution in [3.63, 3.8) is 0 Å². The van der Waals surface area contributed by atoms with Crippen molar-refractivity contribution in [2.24, 2.45) is 0 Å². The summed E-state index contributed by atoms with van der Waals surface area (Å²) in [6.07, 6.45) is -58.7. The Morgan fingerprint density at radius 1 is 0.435 bits per heavy atom. The molecule has 0 spiro atoms. The molecule has 6 aliphatic rings. The van der Waals surface area contributed by atoms with E-state index in [4.69, 9.17) is 56.8 Å². The summed E-state index contributed by atoms with van der Waals surface area (Å²) in [7, 11) is 0. The number of carbonyl (C=O) groups is 3. The van der Waals surface area contributed by atoms with Crippen LogP contribution in [0, 0.1) is 0 Å². The molecule has 0 radical (unpaired) electrons. The highest BCUT2D eigenvalue weighted by Gasteiger charge is 2.56. The van der Waals surface area contributed by atoms with E-state index in [0.717, 1.165) is 20.8 Å². The first-order valence-electron chi connectivity index (χ1n) is 27.2. The number of nitrogens with one attached hydrogen (secondary N) is 3. The third-order valence-corrected chi connectivity index (χ3v) is 15.3. The molecule has 6 heterocycles. The Labute approximate surface area is 483 Å². The maximum Gasteiger partial charge on any atom is 0.217 e. The van der Waals surface area contributed by atoms with E-state index in [-0.39, 0.29) is 0 Å². The Morgan fingerprint density at radius 3 is 1.26 bits per heavy atom. The van der Waals surface area contributed by atoms with Crippen molar-refractivity contribution < 1.29 is 168 Å². The molecule has 0 aliphatic carbocycles. The molecule has 22 N–H and O–H groups in total. The molecule has 85 heavy (non-hydrogen) atoms. The molecule has 494 valence electrons. The molecule has 0 aromatic carbocycles. The number of rotatable bonds is 24. The Kier molecular flexibility index (Phi) is 26.2. The molecule has 37 nitrogen and oxygen atoms in total. The van der Waals surface area contributed by atoms with Crippen LogP contribution in [0.4, 0.5) is 0 Å². The largest absolute Gasteiger partial charge is 0.394 e. The molecule has 3 amide bonds. The Balaban J connectivity index is 1.30. The van der Waals surface area contributed by atoms with E-state index in [2.05, 4.69) is 16.0 Å². The molecule has 6 rings (SSSR count). The molecule has 0 bridgehead atoms. The number of ether oxygens (including phenoxy) is 12.